The highest BCUT2D eigenvalue weighted by molar-refractivity contribution is 5.86. The molecule has 1 unspecified atom stereocenters. The third-order valence-corrected chi connectivity index (χ3v) is 7.11. The lowest BCUT2D eigenvalue weighted by Crippen LogP contribution is -2.51. The summed E-state index contributed by atoms with van der Waals surface area (Å²) in [5.74, 6) is 1.53. The quantitative estimate of drug-likeness (QED) is 0.644. The van der Waals surface area contributed by atoms with E-state index in [0.29, 0.717) is 19.6 Å². The van der Waals surface area contributed by atoms with Crippen molar-refractivity contribution in [3.63, 3.8) is 0 Å². The van der Waals surface area contributed by atoms with Crippen molar-refractivity contribution in [2.75, 3.05) is 47.0 Å². The van der Waals surface area contributed by atoms with Gasteiger partial charge in [-0.05, 0) is 43.4 Å². The first-order valence-electron chi connectivity index (χ1n) is 11.7. The van der Waals surface area contributed by atoms with Gasteiger partial charge in [-0.1, -0.05) is 6.07 Å². The number of hydrogen-bond donors (Lipinski definition) is 1. The van der Waals surface area contributed by atoms with Gasteiger partial charge in [0.05, 0.1) is 39.9 Å². The molecule has 1 atom stereocenters. The molecule has 0 bridgehead atoms. The molecule has 2 heterocycles. The summed E-state index contributed by atoms with van der Waals surface area (Å²) in [5, 5.41) is 3.03. The summed E-state index contributed by atoms with van der Waals surface area (Å²) in [6.45, 7) is 3.55. The highest BCUT2D eigenvalue weighted by Crippen LogP contribution is 2.37. The minimum Gasteiger partial charge on any atom is -0.493 e. The SMILES string of the molecule is COc1ccc(C2CC(=O)N(CC(=O)NC[N+]3(C)CCCC3)C2)cc1OC1CCCC1. The van der Waals surface area contributed by atoms with E-state index in [9.17, 15) is 9.59 Å². The Kier molecular flexibility index (Phi) is 6.70. The zero-order valence-corrected chi connectivity index (χ0v) is 18.9. The van der Waals surface area contributed by atoms with Gasteiger partial charge in [-0.3, -0.25) is 9.59 Å². The molecule has 2 amide bonds. The zero-order chi connectivity index (χ0) is 21.8. The Balaban J connectivity index is 1.35. The first kappa shape index (κ1) is 21.9. The van der Waals surface area contributed by atoms with Crippen molar-refractivity contribution in [2.24, 2.45) is 0 Å². The summed E-state index contributed by atoms with van der Waals surface area (Å²) in [4.78, 5) is 26.7. The molecule has 7 heteroatoms. The van der Waals surface area contributed by atoms with Crippen LogP contribution in [0.3, 0.4) is 0 Å². The molecule has 0 spiro atoms. The average molecular weight is 431 g/mol. The summed E-state index contributed by atoms with van der Waals surface area (Å²) in [7, 11) is 3.83. The van der Waals surface area contributed by atoms with Crippen molar-refractivity contribution in [3.05, 3.63) is 23.8 Å². The van der Waals surface area contributed by atoms with Gasteiger partial charge in [0.2, 0.25) is 11.8 Å². The molecule has 1 aromatic rings. The molecule has 0 aromatic heterocycles. The summed E-state index contributed by atoms with van der Waals surface area (Å²) < 4.78 is 12.6. The lowest BCUT2D eigenvalue weighted by Gasteiger charge is -2.29. The first-order valence-corrected chi connectivity index (χ1v) is 11.7. The molecule has 3 fully saturated rings. The van der Waals surface area contributed by atoms with Crippen molar-refractivity contribution in [1.82, 2.24) is 10.2 Å². The summed E-state index contributed by atoms with van der Waals surface area (Å²) >= 11 is 0. The number of nitrogens with one attached hydrogen (secondary N) is 1. The molecule has 170 valence electrons. The van der Waals surface area contributed by atoms with Gasteiger partial charge in [0.15, 0.2) is 18.2 Å². The van der Waals surface area contributed by atoms with Gasteiger partial charge in [-0.2, -0.15) is 0 Å². The molecule has 2 aliphatic heterocycles. The topological polar surface area (TPSA) is 67.9 Å². The van der Waals surface area contributed by atoms with Crippen molar-refractivity contribution >= 4 is 11.8 Å². The minimum atomic E-state index is -0.0692. The Morgan fingerprint density at radius 2 is 1.90 bits per heavy atom. The summed E-state index contributed by atoms with van der Waals surface area (Å²) in [6, 6.07) is 5.97. The van der Waals surface area contributed by atoms with Gasteiger partial charge in [-0.15, -0.1) is 0 Å². The van der Waals surface area contributed by atoms with Crippen LogP contribution in [0.25, 0.3) is 0 Å². The van der Waals surface area contributed by atoms with Crippen LogP contribution in [0, 0.1) is 0 Å². The van der Waals surface area contributed by atoms with Gasteiger partial charge in [0.1, 0.15) is 0 Å². The van der Waals surface area contributed by atoms with Crippen LogP contribution >= 0.6 is 0 Å². The van der Waals surface area contributed by atoms with Crippen LogP contribution in [0.4, 0.5) is 0 Å². The average Bonchev–Trinajstić information content (AvgIpc) is 3.50. The monoisotopic (exact) mass is 430 g/mol. The predicted octanol–water partition coefficient (Wildman–Crippen LogP) is 2.65. The van der Waals surface area contributed by atoms with Crippen LogP contribution < -0.4 is 14.8 Å². The molecule has 7 nitrogen and oxygen atoms in total. The van der Waals surface area contributed by atoms with Gasteiger partial charge in [-0.25, -0.2) is 0 Å². The number of rotatable bonds is 8. The predicted molar refractivity (Wildman–Crippen MR) is 118 cm³/mol. The van der Waals surface area contributed by atoms with E-state index in [0.717, 1.165) is 47.5 Å². The number of methoxy groups -OCH3 is 1. The van der Waals surface area contributed by atoms with E-state index in [1.54, 1.807) is 12.0 Å². The largest absolute Gasteiger partial charge is 0.493 e. The van der Waals surface area contributed by atoms with Crippen molar-refractivity contribution < 1.29 is 23.5 Å². The smallest absolute Gasteiger partial charge is 0.243 e. The number of quaternary nitrogens is 1. The highest BCUT2D eigenvalue weighted by atomic mass is 16.5. The first-order chi connectivity index (χ1) is 15.0. The summed E-state index contributed by atoms with van der Waals surface area (Å²) in [6.07, 6.45) is 7.68. The maximum absolute atomic E-state index is 12.6. The highest BCUT2D eigenvalue weighted by Gasteiger charge is 2.33. The van der Waals surface area contributed by atoms with E-state index < -0.39 is 0 Å². The molecule has 4 rings (SSSR count). The second kappa shape index (κ2) is 9.47. The van der Waals surface area contributed by atoms with Gasteiger partial charge >= 0.3 is 0 Å². The van der Waals surface area contributed by atoms with Gasteiger partial charge < -0.3 is 24.2 Å². The normalized spacial score (nSPS) is 23.4. The second-order valence-electron chi connectivity index (χ2n) is 9.64. The van der Waals surface area contributed by atoms with Crippen LogP contribution in [0.5, 0.6) is 11.5 Å². The third kappa shape index (κ3) is 5.32. The standard InChI is InChI=1S/C24H35N3O4/c1-27(11-5-6-12-27)17-25-23(28)16-26-15-19(14-24(26)29)18-9-10-21(30-2)22(13-18)31-20-7-3-4-8-20/h9-10,13,19-20H,3-8,11-12,14-17H2,1-2H3/p+1. The zero-order valence-electron chi connectivity index (χ0n) is 18.9. The number of carbonyl (C=O) groups is 2. The Hall–Kier alpha value is -2.28. The molecule has 1 aromatic carbocycles. The van der Waals surface area contributed by atoms with E-state index in [1.165, 1.54) is 25.7 Å². The molecule has 0 radical (unpaired) electrons. The molecule has 3 aliphatic rings. The van der Waals surface area contributed by atoms with Crippen LogP contribution in [0.2, 0.25) is 0 Å². The molecule has 1 N–H and O–H groups in total. The maximum atomic E-state index is 12.6. The molecular weight excluding hydrogens is 394 g/mol. The van der Waals surface area contributed by atoms with Crippen LogP contribution in [-0.2, 0) is 9.59 Å². The Bertz CT molecular complexity index is 800. The lowest BCUT2D eigenvalue weighted by molar-refractivity contribution is -0.899. The molecule has 1 aliphatic carbocycles. The van der Waals surface area contributed by atoms with Crippen LogP contribution in [-0.4, -0.2) is 74.3 Å². The van der Waals surface area contributed by atoms with E-state index in [4.69, 9.17) is 9.47 Å². The van der Waals surface area contributed by atoms with Crippen molar-refractivity contribution in [2.45, 2.75) is 57.0 Å². The molecule has 1 saturated carbocycles. The van der Waals surface area contributed by atoms with E-state index >= 15 is 0 Å². The number of benzene rings is 1. The molecular formula is C24H36N3O4+. The Morgan fingerprint density at radius 3 is 2.61 bits per heavy atom. The maximum Gasteiger partial charge on any atom is 0.243 e. The Morgan fingerprint density at radius 1 is 1.16 bits per heavy atom. The van der Waals surface area contributed by atoms with Gasteiger partial charge in [0, 0.05) is 31.7 Å². The third-order valence-electron chi connectivity index (χ3n) is 7.11. The molecule has 31 heavy (non-hydrogen) atoms. The number of hydrogen-bond acceptors (Lipinski definition) is 4. The fourth-order valence-corrected chi connectivity index (χ4v) is 5.14. The number of nitrogens with zero attached hydrogens (tertiary/aromatic N) is 2. The van der Waals surface area contributed by atoms with Crippen molar-refractivity contribution in [1.29, 1.82) is 0 Å². The fraction of sp³-hybridized carbons (Fsp3) is 0.667. The fourth-order valence-electron chi connectivity index (χ4n) is 5.14. The Labute approximate surface area is 185 Å². The van der Waals surface area contributed by atoms with Crippen LogP contribution in [0.1, 0.15) is 56.4 Å². The van der Waals surface area contributed by atoms with Crippen molar-refractivity contribution in [3.8, 4) is 11.5 Å². The van der Waals surface area contributed by atoms with Crippen LogP contribution in [0.15, 0.2) is 18.2 Å². The van der Waals surface area contributed by atoms with E-state index in [-0.39, 0.29) is 30.4 Å². The van der Waals surface area contributed by atoms with Gasteiger partial charge in [0.25, 0.3) is 0 Å². The molecule has 2 saturated heterocycles. The number of amides is 2. The minimum absolute atomic E-state index is 0.0378. The van der Waals surface area contributed by atoms with E-state index in [1.807, 2.05) is 18.2 Å². The number of ether oxygens (including phenoxy) is 2. The second-order valence-corrected chi connectivity index (χ2v) is 9.64. The van der Waals surface area contributed by atoms with E-state index in [2.05, 4.69) is 12.4 Å². The summed E-state index contributed by atoms with van der Waals surface area (Å²) in [5.41, 5.74) is 1.07. The number of likely N-dealkylation sites (tertiary alicyclic amines) is 2. The number of carbonyl (C=O) groups excluding carboxylic acids is 2. The lowest BCUT2D eigenvalue weighted by atomic mass is 9.98.